The molecule has 1 fully saturated rings. The van der Waals surface area contributed by atoms with Crippen molar-refractivity contribution in [3.05, 3.63) is 35.5 Å². The van der Waals surface area contributed by atoms with Crippen LogP contribution in [0.4, 0.5) is 11.5 Å². The average molecular weight is 282 g/mol. The normalized spacial score (nSPS) is 15.3. The Kier molecular flexibility index (Phi) is 3.78. The predicted molar refractivity (Wildman–Crippen MR) is 87.2 cm³/mol. The Morgan fingerprint density at radius 2 is 1.71 bits per heavy atom. The van der Waals surface area contributed by atoms with Crippen LogP contribution in [0.2, 0.25) is 0 Å². The average Bonchev–Trinajstić information content (AvgIpc) is 2.97. The number of benzene rings is 1. The molecule has 4 nitrogen and oxygen atoms in total. The van der Waals surface area contributed by atoms with E-state index in [1.54, 1.807) is 0 Å². The Labute approximate surface area is 125 Å². The summed E-state index contributed by atoms with van der Waals surface area (Å²) in [4.78, 5) is 9.18. The molecule has 0 amide bonds. The summed E-state index contributed by atoms with van der Waals surface area (Å²) in [6.07, 6.45) is 4.96. The van der Waals surface area contributed by atoms with Crippen LogP contribution >= 0.6 is 0 Å². The predicted octanol–water partition coefficient (Wildman–Crippen LogP) is 3.70. The molecule has 0 radical (unpaired) electrons. The molecule has 4 heteroatoms. The minimum atomic E-state index is 0.493. The molecule has 0 unspecified atom stereocenters. The molecule has 0 bridgehead atoms. The molecule has 1 aromatic carbocycles. The molecule has 21 heavy (non-hydrogen) atoms. The SMILES string of the molecule is Cc1ccc(-c2nc(C)c(N)c(NC3CCCC3)n2)cc1. The molecule has 1 aromatic heterocycles. The van der Waals surface area contributed by atoms with Crippen molar-refractivity contribution in [2.45, 2.75) is 45.6 Å². The highest BCUT2D eigenvalue weighted by Gasteiger charge is 2.18. The van der Waals surface area contributed by atoms with Gasteiger partial charge in [-0.1, -0.05) is 42.7 Å². The van der Waals surface area contributed by atoms with Crippen LogP contribution in [0.5, 0.6) is 0 Å². The third-order valence-corrected chi connectivity index (χ3v) is 4.14. The smallest absolute Gasteiger partial charge is 0.161 e. The van der Waals surface area contributed by atoms with Crippen molar-refractivity contribution in [3.8, 4) is 11.4 Å². The van der Waals surface area contributed by atoms with E-state index in [9.17, 15) is 0 Å². The van der Waals surface area contributed by atoms with Gasteiger partial charge in [-0.3, -0.25) is 0 Å². The van der Waals surface area contributed by atoms with E-state index in [1.165, 1.54) is 31.2 Å². The van der Waals surface area contributed by atoms with Crippen LogP contribution in [0.1, 0.15) is 36.9 Å². The van der Waals surface area contributed by atoms with Crippen LogP contribution in [0.25, 0.3) is 11.4 Å². The van der Waals surface area contributed by atoms with Crippen molar-refractivity contribution < 1.29 is 0 Å². The molecule has 1 saturated carbocycles. The summed E-state index contributed by atoms with van der Waals surface area (Å²) in [5.74, 6) is 1.52. The first-order valence-electron chi connectivity index (χ1n) is 7.61. The maximum atomic E-state index is 6.14. The van der Waals surface area contributed by atoms with Crippen molar-refractivity contribution in [2.75, 3.05) is 11.1 Å². The second kappa shape index (κ2) is 5.72. The molecule has 0 saturated heterocycles. The Balaban J connectivity index is 1.94. The molecule has 3 rings (SSSR count). The lowest BCUT2D eigenvalue weighted by Crippen LogP contribution is -2.18. The minimum Gasteiger partial charge on any atom is -0.394 e. The number of nitrogens with one attached hydrogen (secondary N) is 1. The lowest BCUT2D eigenvalue weighted by atomic mass is 10.1. The first-order valence-corrected chi connectivity index (χ1v) is 7.61. The number of aryl methyl sites for hydroxylation is 2. The van der Waals surface area contributed by atoms with Gasteiger partial charge in [-0.2, -0.15) is 0 Å². The van der Waals surface area contributed by atoms with Crippen molar-refractivity contribution in [1.82, 2.24) is 9.97 Å². The summed E-state index contributed by atoms with van der Waals surface area (Å²) in [6, 6.07) is 8.76. The zero-order valence-electron chi connectivity index (χ0n) is 12.7. The van der Waals surface area contributed by atoms with Gasteiger partial charge in [-0.15, -0.1) is 0 Å². The molecule has 1 aliphatic carbocycles. The van der Waals surface area contributed by atoms with Crippen LogP contribution in [-0.2, 0) is 0 Å². The topological polar surface area (TPSA) is 63.8 Å². The molecule has 110 valence electrons. The molecule has 3 N–H and O–H groups in total. The standard InChI is InChI=1S/C17H22N4/c1-11-7-9-13(10-8-11)16-19-12(2)15(18)17(21-16)20-14-5-3-4-6-14/h7-10,14H,3-6,18H2,1-2H3,(H,19,20,21). The van der Waals surface area contributed by atoms with Gasteiger partial charge >= 0.3 is 0 Å². The first-order chi connectivity index (χ1) is 10.1. The zero-order valence-corrected chi connectivity index (χ0v) is 12.7. The van der Waals surface area contributed by atoms with E-state index in [4.69, 9.17) is 5.73 Å². The van der Waals surface area contributed by atoms with Gasteiger partial charge in [-0.25, -0.2) is 9.97 Å². The van der Waals surface area contributed by atoms with Gasteiger partial charge in [0.2, 0.25) is 0 Å². The third kappa shape index (κ3) is 2.99. The molecular weight excluding hydrogens is 260 g/mol. The largest absolute Gasteiger partial charge is 0.394 e. The fraction of sp³-hybridized carbons (Fsp3) is 0.412. The molecule has 1 heterocycles. The molecule has 0 aliphatic heterocycles. The fourth-order valence-electron chi connectivity index (χ4n) is 2.79. The van der Waals surface area contributed by atoms with E-state index in [1.807, 2.05) is 6.92 Å². The number of aromatic nitrogens is 2. The van der Waals surface area contributed by atoms with Crippen LogP contribution < -0.4 is 11.1 Å². The van der Waals surface area contributed by atoms with Crippen molar-refractivity contribution >= 4 is 11.5 Å². The Bertz CT molecular complexity index is 628. The van der Waals surface area contributed by atoms with Gasteiger partial charge in [-0.05, 0) is 26.7 Å². The Morgan fingerprint density at radius 3 is 2.38 bits per heavy atom. The van der Waals surface area contributed by atoms with Crippen LogP contribution in [0.15, 0.2) is 24.3 Å². The summed E-state index contributed by atoms with van der Waals surface area (Å²) in [6.45, 7) is 4.01. The number of nitrogens with two attached hydrogens (primary N) is 1. The molecule has 0 spiro atoms. The van der Waals surface area contributed by atoms with Gasteiger partial charge < -0.3 is 11.1 Å². The Morgan fingerprint density at radius 1 is 1.05 bits per heavy atom. The summed E-state index contributed by atoms with van der Waals surface area (Å²) < 4.78 is 0. The van der Waals surface area contributed by atoms with Gasteiger partial charge in [0.25, 0.3) is 0 Å². The van der Waals surface area contributed by atoms with E-state index >= 15 is 0 Å². The van der Waals surface area contributed by atoms with Crippen molar-refractivity contribution in [2.24, 2.45) is 0 Å². The van der Waals surface area contributed by atoms with Crippen LogP contribution in [0.3, 0.4) is 0 Å². The van der Waals surface area contributed by atoms with Crippen molar-refractivity contribution in [1.29, 1.82) is 0 Å². The molecule has 1 aliphatic rings. The number of nitrogens with zero attached hydrogens (tertiary/aromatic N) is 2. The first kappa shape index (κ1) is 13.9. The molecule has 0 atom stereocenters. The number of nitrogen functional groups attached to an aromatic ring is 1. The summed E-state index contributed by atoms with van der Waals surface area (Å²) in [5.41, 5.74) is 9.90. The Hall–Kier alpha value is -2.10. The van der Waals surface area contributed by atoms with E-state index in [-0.39, 0.29) is 0 Å². The second-order valence-electron chi connectivity index (χ2n) is 5.89. The third-order valence-electron chi connectivity index (χ3n) is 4.14. The van der Waals surface area contributed by atoms with E-state index in [2.05, 4.69) is 46.5 Å². The lowest BCUT2D eigenvalue weighted by Gasteiger charge is -2.16. The van der Waals surface area contributed by atoms with E-state index in [0.717, 1.165) is 22.9 Å². The summed E-state index contributed by atoms with van der Waals surface area (Å²) in [7, 11) is 0. The highest BCUT2D eigenvalue weighted by molar-refractivity contribution is 5.68. The second-order valence-corrected chi connectivity index (χ2v) is 5.89. The lowest BCUT2D eigenvalue weighted by molar-refractivity contribution is 0.750. The zero-order chi connectivity index (χ0) is 14.8. The van der Waals surface area contributed by atoms with Gasteiger partial charge in [0.1, 0.15) is 0 Å². The fourth-order valence-corrected chi connectivity index (χ4v) is 2.79. The maximum Gasteiger partial charge on any atom is 0.161 e. The van der Waals surface area contributed by atoms with Gasteiger partial charge in [0.15, 0.2) is 11.6 Å². The monoisotopic (exact) mass is 282 g/mol. The number of hydrogen-bond donors (Lipinski definition) is 2. The van der Waals surface area contributed by atoms with Crippen LogP contribution in [0, 0.1) is 13.8 Å². The number of rotatable bonds is 3. The highest BCUT2D eigenvalue weighted by Crippen LogP contribution is 2.28. The van der Waals surface area contributed by atoms with E-state index < -0.39 is 0 Å². The van der Waals surface area contributed by atoms with Gasteiger partial charge in [0.05, 0.1) is 11.4 Å². The van der Waals surface area contributed by atoms with Crippen molar-refractivity contribution in [3.63, 3.8) is 0 Å². The number of hydrogen-bond acceptors (Lipinski definition) is 4. The molecule has 2 aromatic rings. The highest BCUT2D eigenvalue weighted by atomic mass is 15.1. The van der Waals surface area contributed by atoms with Crippen LogP contribution in [-0.4, -0.2) is 16.0 Å². The summed E-state index contributed by atoms with van der Waals surface area (Å²) >= 11 is 0. The quantitative estimate of drug-likeness (QED) is 0.901. The van der Waals surface area contributed by atoms with Gasteiger partial charge in [0, 0.05) is 11.6 Å². The number of anilines is 2. The molecular formula is C17H22N4. The summed E-state index contributed by atoms with van der Waals surface area (Å²) in [5, 5.41) is 3.50. The minimum absolute atomic E-state index is 0.493. The van der Waals surface area contributed by atoms with E-state index in [0.29, 0.717) is 11.7 Å². The maximum absolute atomic E-state index is 6.14.